The quantitative estimate of drug-likeness (QED) is 0.432. The highest BCUT2D eigenvalue weighted by molar-refractivity contribution is 5.39. The Hall–Kier alpha value is -1.46. The summed E-state index contributed by atoms with van der Waals surface area (Å²) in [6.07, 6.45) is 0.681. The van der Waals surface area contributed by atoms with Crippen molar-refractivity contribution in [2.24, 2.45) is 0 Å². The zero-order valence-electron chi connectivity index (χ0n) is 13.5. The number of nitrogens with one attached hydrogen (secondary N) is 1. The predicted octanol–water partition coefficient (Wildman–Crippen LogP) is 2.85. The van der Waals surface area contributed by atoms with Crippen molar-refractivity contribution in [2.45, 2.75) is 46.2 Å². The molecule has 0 saturated heterocycles. The molecule has 1 aromatic rings. The lowest BCUT2D eigenvalue weighted by molar-refractivity contribution is -0.385. The van der Waals surface area contributed by atoms with E-state index >= 15 is 0 Å². The van der Waals surface area contributed by atoms with E-state index in [1.165, 1.54) is 0 Å². The van der Waals surface area contributed by atoms with Crippen molar-refractivity contribution in [1.82, 2.24) is 10.2 Å². The van der Waals surface area contributed by atoms with Crippen LogP contribution in [0.2, 0.25) is 0 Å². The molecule has 0 fully saturated rings. The Labute approximate surface area is 127 Å². The molecule has 1 N–H and O–H groups in total. The highest BCUT2D eigenvalue weighted by Gasteiger charge is 2.13. The van der Waals surface area contributed by atoms with Gasteiger partial charge in [-0.15, -0.1) is 0 Å². The first-order chi connectivity index (χ1) is 9.93. The number of para-hydroxylation sites is 1. The first-order valence-corrected chi connectivity index (χ1v) is 7.62. The van der Waals surface area contributed by atoms with Crippen LogP contribution in [0.3, 0.4) is 0 Å². The SMILES string of the molecule is CC(C)N(CCNCCc1ccccc1[N+](=O)[O-])C(C)C. The van der Waals surface area contributed by atoms with E-state index in [0.717, 1.165) is 25.2 Å². The summed E-state index contributed by atoms with van der Waals surface area (Å²) in [5, 5.41) is 14.3. The van der Waals surface area contributed by atoms with Crippen molar-refractivity contribution in [3.05, 3.63) is 39.9 Å². The molecule has 0 aliphatic rings. The Morgan fingerprint density at radius 1 is 1.14 bits per heavy atom. The fourth-order valence-corrected chi connectivity index (χ4v) is 2.57. The second-order valence-electron chi connectivity index (χ2n) is 5.81. The van der Waals surface area contributed by atoms with Gasteiger partial charge in [0, 0.05) is 36.8 Å². The molecule has 1 rings (SSSR count). The number of rotatable bonds is 9. The molecule has 0 aliphatic heterocycles. The van der Waals surface area contributed by atoms with Gasteiger partial charge in [-0.1, -0.05) is 18.2 Å². The van der Waals surface area contributed by atoms with Crippen LogP contribution in [0.25, 0.3) is 0 Å². The predicted molar refractivity (Wildman–Crippen MR) is 86.6 cm³/mol. The van der Waals surface area contributed by atoms with Gasteiger partial charge in [0.2, 0.25) is 0 Å². The first kappa shape index (κ1) is 17.6. The van der Waals surface area contributed by atoms with Crippen molar-refractivity contribution in [3.63, 3.8) is 0 Å². The summed E-state index contributed by atoms with van der Waals surface area (Å²) in [4.78, 5) is 13.0. The molecule has 0 radical (unpaired) electrons. The zero-order chi connectivity index (χ0) is 15.8. The average molecular weight is 293 g/mol. The van der Waals surface area contributed by atoms with Crippen molar-refractivity contribution in [1.29, 1.82) is 0 Å². The molecular weight excluding hydrogens is 266 g/mol. The minimum Gasteiger partial charge on any atom is -0.315 e. The van der Waals surface area contributed by atoms with Crippen LogP contribution in [0.5, 0.6) is 0 Å². The second kappa shape index (κ2) is 8.74. The minimum atomic E-state index is -0.311. The largest absolute Gasteiger partial charge is 0.315 e. The lowest BCUT2D eigenvalue weighted by Gasteiger charge is -2.30. The fourth-order valence-electron chi connectivity index (χ4n) is 2.57. The van der Waals surface area contributed by atoms with Crippen molar-refractivity contribution in [2.75, 3.05) is 19.6 Å². The third kappa shape index (κ3) is 5.81. The van der Waals surface area contributed by atoms with E-state index in [9.17, 15) is 10.1 Å². The van der Waals surface area contributed by atoms with Gasteiger partial charge in [0.15, 0.2) is 0 Å². The Morgan fingerprint density at radius 2 is 1.76 bits per heavy atom. The smallest absolute Gasteiger partial charge is 0.272 e. The van der Waals surface area contributed by atoms with E-state index < -0.39 is 0 Å². The molecule has 0 spiro atoms. The molecule has 0 saturated carbocycles. The topological polar surface area (TPSA) is 58.4 Å². The highest BCUT2D eigenvalue weighted by atomic mass is 16.6. The van der Waals surface area contributed by atoms with E-state index in [1.807, 2.05) is 12.1 Å². The summed E-state index contributed by atoms with van der Waals surface area (Å²) >= 11 is 0. The van der Waals surface area contributed by atoms with E-state index in [1.54, 1.807) is 12.1 Å². The maximum atomic E-state index is 10.9. The van der Waals surface area contributed by atoms with E-state index in [0.29, 0.717) is 18.5 Å². The normalized spacial score (nSPS) is 11.6. The minimum absolute atomic E-state index is 0.213. The number of nitro groups is 1. The number of hydrogen-bond acceptors (Lipinski definition) is 4. The lowest BCUT2D eigenvalue weighted by Crippen LogP contribution is -2.41. The van der Waals surface area contributed by atoms with Gasteiger partial charge in [-0.2, -0.15) is 0 Å². The number of hydrogen-bond donors (Lipinski definition) is 1. The van der Waals surface area contributed by atoms with Gasteiger partial charge in [-0.05, 0) is 40.7 Å². The van der Waals surface area contributed by atoms with E-state index in [4.69, 9.17) is 0 Å². The Bertz CT molecular complexity index is 439. The highest BCUT2D eigenvalue weighted by Crippen LogP contribution is 2.17. The molecule has 0 atom stereocenters. The average Bonchev–Trinajstić information content (AvgIpc) is 2.42. The summed E-state index contributed by atoms with van der Waals surface area (Å²) < 4.78 is 0. The molecule has 0 unspecified atom stereocenters. The third-order valence-electron chi connectivity index (χ3n) is 3.63. The van der Waals surface area contributed by atoms with Crippen LogP contribution in [0.15, 0.2) is 24.3 Å². The van der Waals surface area contributed by atoms with Gasteiger partial charge >= 0.3 is 0 Å². The zero-order valence-corrected chi connectivity index (χ0v) is 13.5. The van der Waals surface area contributed by atoms with Gasteiger partial charge in [0.25, 0.3) is 5.69 Å². The molecule has 5 heteroatoms. The molecule has 0 aromatic heterocycles. The van der Waals surface area contributed by atoms with Crippen LogP contribution in [-0.4, -0.2) is 41.5 Å². The Balaban J connectivity index is 2.36. The lowest BCUT2D eigenvalue weighted by atomic mass is 10.1. The molecule has 0 aliphatic carbocycles. The van der Waals surface area contributed by atoms with E-state index in [-0.39, 0.29) is 10.6 Å². The maximum Gasteiger partial charge on any atom is 0.272 e. The standard InChI is InChI=1S/C16H27N3O2/c1-13(2)18(14(3)4)12-11-17-10-9-15-7-5-6-8-16(15)19(20)21/h5-8,13-14,17H,9-12H2,1-4H3. The molecule has 0 bridgehead atoms. The molecule has 0 amide bonds. The number of nitrogens with zero attached hydrogens (tertiary/aromatic N) is 2. The first-order valence-electron chi connectivity index (χ1n) is 7.62. The maximum absolute atomic E-state index is 10.9. The van der Waals surface area contributed by atoms with Crippen LogP contribution in [0, 0.1) is 10.1 Å². The molecule has 0 heterocycles. The second-order valence-corrected chi connectivity index (χ2v) is 5.81. The van der Waals surface area contributed by atoms with Gasteiger partial charge in [-0.3, -0.25) is 15.0 Å². The van der Waals surface area contributed by atoms with Crippen LogP contribution in [0.1, 0.15) is 33.3 Å². The molecule has 118 valence electrons. The molecule has 5 nitrogen and oxygen atoms in total. The Morgan fingerprint density at radius 3 is 2.33 bits per heavy atom. The fraction of sp³-hybridized carbons (Fsp3) is 0.625. The van der Waals surface area contributed by atoms with Crippen molar-refractivity contribution in [3.8, 4) is 0 Å². The van der Waals surface area contributed by atoms with Crippen molar-refractivity contribution >= 4 is 5.69 Å². The van der Waals surface area contributed by atoms with Gasteiger partial charge < -0.3 is 5.32 Å². The van der Waals surface area contributed by atoms with Crippen LogP contribution in [0.4, 0.5) is 5.69 Å². The van der Waals surface area contributed by atoms with Crippen molar-refractivity contribution < 1.29 is 4.92 Å². The summed E-state index contributed by atoms with van der Waals surface area (Å²) in [5.41, 5.74) is 1.00. The van der Waals surface area contributed by atoms with Crippen LogP contribution < -0.4 is 5.32 Å². The monoisotopic (exact) mass is 293 g/mol. The molecule has 21 heavy (non-hydrogen) atoms. The van der Waals surface area contributed by atoms with Crippen LogP contribution in [-0.2, 0) is 6.42 Å². The number of benzene rings is 1. The summed E-state index contributed by atoms with van der Waals surface area (Å²) in [6, 6.07) is 8.01. The number of nitro benzene ring substituents is 1. The van der Waals surface area contributed by atoms with Gasteiger partial charge in [0.05, 0.1) is 4.92 Å². The Kier molecular flexibility index (Phi) is 7.32. The van der Waals surface area contributed by atoms with Crippen LogP contribution >= 0.6 is 0 Å². The van der Waals surface area contributed by atoms with E-state index in [2.05, 4.69) is 37.9 Å². The van der Waals surface area contributed by atoms with Gasteiger partial charge in [0.1, 0.15) is 0 Å². The summed E-state index contributed by atoms with van der Waals surface area (Å²) in [6.45, 7) is 11.5. The summed E-state index contributed by atoms with van der Waals surface area (Å²) in [5.74, 6) is 0. The van der Waals surface area contributed by atoms with Gasteiger partial charge in [-0.25, -0.2) is 0 Å². The molecular formula is C16H27N3O2. The summed E-state index contributed by atoms with van der Waals surface area (Å²) in [7, 11) is 0. The molecule has 1 aromatic carbocycles. The third-order valence-corrected chi connectivity index (χ3v) is 3.63.